The van der Waals surface area contributed by atoms with Crippen LogP contribution in [-0.4, -0.2) is 26.9 Å². The summed E-state index contributed by atoms with van der Waals surface area (Å²) < 4.78 is 20.4. The number of amides is 1. The molecule has 3 aromatic rings. The number of hydrogen-bond acceptors (Lipinski definition) is 4. The molecule has 2 aromatic carbocycles. The Hall–Kier alpha value is -3.68. The van der Waals surface area contributed by atoms with Gasteiger partial charge in [-0.2, -0.15) is 5.10 Å². The van der Waals surface area contributed by atoms with Gasteiger partial charge in [-0.1, -0.05) is 30.3 Å². The van der Waals surface area contributed by atoms with Gasteiger partial charge >= 0.3 is 12.1 Å². The number of carbonyl (C=O) groups excluding carboxylic acids is 1. The topological polar surface area (TPSA) is 93.5 Å². The number of benzene rings is 2. The molecule has 1 aromatic heterocycles. The SMILES string of the molecule is O=C(Nc1ccc(-n2cc(C(=O)O)cn2)c(F)c1)OCc1ccccc1. The minimum absolute atomic E-state index is 0.0562. The summed E-state index contributed by atoms with van der Waals surface area (Å²) in [4.78, 5) is 22.7. The largest absolute Gasteiger partial charge is 0.478 e. The van der Waals surface area contributed by atoms with E-state index in [4.69, 9.17) is 9.84 Å². The summed E-state index contributed by atoms with van der Waals surface area (Å²) in [5, 5.41) is 15.1. The zero-order valence-corrected chi connectivity index (χ0v) is 13.4. The Kier molecular flexibility index (Phi) is 4.93. The first-order chi connectivity index (χ1) is 12.5. The lowest BCUT2D eigenvalue weighted by Gasteiger charge is -2.09. The van der Waals surface area contributed by atoms with Crippen LogP contribution in [0.4, 0.5) is 14.9 Å². The highest BCUT2D eigenvalue weighted by Crippen LogP contribution is 2.18. The van der Waals surface area contributed by atoms with E-state index in [0.717, 1.165) is 22.5 Å². The van der Waals surface area contributed by atoms with Gasteiger partial charge in [-0.25, -0.2) is 18.7 Å². The molecule has 2 N–H and O–H groups in total. The average molecular weight is 355 g/mol. The molecule has 0 aliphatic heterocycles. The number of nitrogens with zero attached hydrogens (tertiary/aromatic N) is 2. The summed E-state index contributed by atoms with van der Waals surface area (Å²) in [6, 6.07) is 13.1. The number of carboxylic acids is 1. The molecular weight excluding hydrogens is 341 g/mol. The van der Waals surface area contributed by atoms with Gasteiger partial charge in [-0.3, -0.25) is 5.32 Å². The van der Waals surface area contributed by atoms with Crippen molar-refractivity contribution in [2.45, 2.75) is 6.61 Å². The highest BCUT2D eigenvalue weighted by Gasteiger charge is 2.12. The van der Waals surface area contributed by atoms with Crippen LogP contribution in [0.3, 0.4) is 0 Å². The summed E-state index contributed by atoms with van der Waals surface area (Å²) in [7, 11) is 0. The van der Waals surface area contributed by atoms with Crippen LogP contribution in [0.15, 0.2) is 60.9 Å². The molecule has 1 amide bonds. The van der Waals surface area contributed by atoms with Crippen molar-refractivity contribution >= 4 is 17.7 Å². The van der Waals surface area contributed by atoms with E-state index in [-0.39, 0.29) is 23.5 Å². The van der Waals surface area contributed by atoms with Gasteiger partial charge in [0.25, 0.3) is 0 Å². The Morgan fingerprint density at radius 3 is 2.62 bits per heavy atom. The van der Waals surface area contributed by atoms with Crippen LogP contribution in [0, 0.1) is 5.82 Å². The van der Waals surface area contributed by atoms with Crippen LogP contribution in [-0.2, 0) is 11.3 Å². The Morgan fingerprint density at radius 1 is 1.19 bits per heavy atom. The van der Waals surface area contributed by atoms with E-state index >= 15 is 0 Å². The summed E-state index contributed by atoms with van der Waals surface area (Å²) >= 11 is 0. The molecule has 3 rings (SSSR count). The lowest BCUT2D eigenvalue weighted by molar-refractivity contribution is 0.0696. The molecule has 0 aliphatic carbocycles. The Labute approximate surface area is 147 Å². The highest BCUT2D eigenvalue weighted by molar-refractivity contribution is 5.87. The lowest BCUT2D eigenvalue weighted by atomic mass is 10.2. The van der Waals surface area contributed by atoms with E-state index in [2.05, 4.69) is 10.4 Å². The first-order valence-corrected chi connectivity index (χ1v) is 7.58. The van der Waals surface area contributed by atoms with Crippen molar-refractivity contribution in [2.24, 2.45) is 0 Å². The van der Waals surface area contributed by atoms with Crippen molar-refractivity contribution < 1.29 is 23.8 Å². The van der Waals surface area contributed by atoms with Gasteiger partial charge < -0.3 is 9.84 Å². The van der Waals surface area contributed by atoms with Crippen LogP contribution in [0.25, 0.3) is 5.69 Å². The number of carboxylic acid groups (broad SMARTS) is 1. The van der Waals surface area contributed by atoms with Crippen molar-refractivity contribution in [2.75, 3.05) is 5.32 Å². The van der Waals surface area contributed by atoms with Gasteiger partial charge in [0.1, 0.15) is 12.3 Å². The third kappa shape index (κ3) is 4.04. The molecule has 0 fully saturated rings. The van der Waals surface area contributed by atoms with Crippen LogP contribution >= 0.6 is 0 Å². The number of aromatic nitrogens is 2. The van der Waals surface area contributed by atoms with Crippen molar-refractivity contribution in [1.29, 1.82) is 0 Å². The molecule has 1 heterocycles. The molecule has 26 heavy (non-hydrogen) atoms. The fraction of sp³-hybridized carbons (Fsp3) is 0.0556. The molecule has 0 saturated carbocycles. The van der Waals surface area contributed by atoms with E-state index in [9.17, 15) is 14.0 Å². The van der Waals surface area contributed by atoms with Gasteiger partial charge in [-0.05, 0) is 23.8 Å². The van der Waals surface area contributed by atoms with Crippen molar-refractivity contribution in [3.63, 3.8) is 0 Å². The van der Waals surface area contributed by atoms with Gasteiger partial charge in [0.05, 0.1) is 11.8 Å². The molecule has 7 nitrogen and oxygen atoms in total. The Balaban J connectivity index is 1.65. The second-order valence-electron chi connectivity index (χ2n) is 5.33. The summed E-state index contributed by atoms with van der Waals surface area (Å²) in [5.74, 6) is -1.83. The normalized spacial score (nSPS) is 10.3. The number of hydrogen-bond donors (Lipinski definition) is 2. The molecule has 8 heteroatoms. The van der Waals surface area contributed by atoms with Crippen molar-refractivity contribution in [1.82, 2.24) is 9.78 Å². The third-order valence-electron chi connectivity index (χ3n) is 3.48. The predicted molar refractivity (Wildman–Crippen MR) is 90.7 cm³/mol. The second-order valence-corrected chi connectivity index (χ2v) is 5.33. The van der Waals surface area contributed by atoms with Crippen molar-refractivity contribution in [3.05, 3.63) is 77.9 Å². The molecule has 0 saturated heterocycles. The van der Waals surface area contributed by atoms with E-state index in [1.807, 2.05) is 30.3 Å². The summed E-state index contributed by atoms with van der Waals surface area (Å²) in [6.45, 7) is 0.0957. The van der Waals surface area contributed by atoms with Gasteiger partial charge in [0.2, 0.25) is 0 Å². The molecule has 0 atom stereocenters. The fourth-order valence-electron chi connectivity index (χ4n) is 2.21. The molecule has 132 valence electrons. The van der Waals surface area contributed by atoms with Crippen LogP contribution in [0.2, 0.25) is 0 Å². The van der Waals surface area contributed by atoms with E-state index in [1.165, 1.54) is 18.3 Å². The number of nitrogens with one attached hydrogen (secondary N) is 1. The molecule has 0 unspecified atom stereocenters. The van der Waals surface area contributed by atoms with Crippen LogP contribution in [0.5, 0.6) is 0 Å². The zero-order chi connectivity index (χ0) is 18.5. The number of carbonyl (C=O) groups is 2. The second kappa shape index (κ2) is 7.47. The quantitative estimate of drug-likeness (QED) is 0.731. The zero-order valence-electron chi connectivity index (χ0n) is 13.4. The molecule has 0 spiro atoms. The first-order valence-electron chi connectivity index (χ1n) is 7.58. The predicted octanol–water partition coefficient (Wildman–Crippen LogP) is 3.46. The molecular formula is C18H14FN3O4. The number of aromatic carboxylic acids is 1. The van der Waals surface area contributed by atoms with Crippen molar-refractivity contribution in [3.8, 4) is 5.69 Å². The highest BCUT2D eigenvalue weighted by atomic mass is 19.1. The maximum atomic E-state index is 14.2. The fourth-order valence-corrected chi connectivity index (χ4v) is 2.21. The maximum Gasteiger partial charge on any atom is 0.411 e. The number of ether oxygens (including phenoxy) is 1. The minimum atomic E-state index is -1.16. The van der Waals surface area contributed by atoms with E-state index < -0.39 is 17.9 Å². The lowest BCUT2D eigenvalue weighted by Crippen LogP contribution is -2.14. The van der Waals surface area contributed by atoms with Crippen LogP contribution < -0.4 is 5.32 Å². The smallest absolute Gasteiger partial charge is 0.411 e. The Morgan fingerprint density at radius 2 is 1.96 bits per heavy atom. The number of anilines is 1. The van der Waals surface area contributed by atoms with Gasteiger partial charge in [0.15, 0.2) is 5.82 Å². The third-order valence-corrected chi connectivity index (χ3v) is 3.48. The monoisotopic (exact) mass is 355 g/mol. The standard InChI is InChI=1S/C18H14FN3O4/c19-15-8-14(21-18(25)26-11-12-4-2-1-3-5-12)6-7-16(15)22-10-13(9-20-22)17(23)24/h1-10H,11H2,(H,21,25)(H,23,24). The van der Waals surface area contributed by atoms with E-state index in [0.29, 0.717) is 0 Å². The Bertz CT molecular complexity index is 941. The number of halogens is 1. The maximum absolute atomic E-state index is 14.2. The summed E-state index contributed by atoms with van der Waals surface area (Å²) in [5.41, 5.74) is 1.03. The molecule has 0 aliphatic rings. The van der Waals surface area contributed by atoms with Gasteiger partial charge in [0, 0.05) is 11.9 Å². The summed E-state index contributed by atoms with van der Waals surface area (Å²) in [6.07, 6.45) is 1.60. The molecule has 0 bridgehead atoms. The minimum Gasteiger partial charge on any atom is -0.478 e. The first kappa shape index (κ1) is 17.2. The van der Waals surface area contributed by atoms with Crippen LogP contribution in [0.1, 0.15) is 15.9 Å². The van der Waals surface area contributed by atoms with Gasteiger partial charge in [-0.15, -0.1) is 0 Å². The molecule has 0 radical (unpaired) electrons. The number of rotatable bonds is 5. The van der Waals surface area contributed by atoms with E-state index in [1.54, 1.807) is 0 Å². The average Bonchev–Trinajstić information content (AvgIpc) is 3.11.